The van der Waals surface area contributed by atoms with Gasteiger partial charge in [-0.3, -0.25) is 4.79 Å². The van der Waals surface area contributed by atoms with Gasteiger partial charge in [-0.1, -0.05) is 0 Å². The lowest BCUT2D eigenvalue weighted by Gasteiger charge is -2.34. The Balaban J connectivity index is 1.70. The lowest BCUT2D eigenvalue weighted by atomic mass is 9.81. The van der Waals surface area contributed by atoms with Crippen molar-refractivity contribution in [1.29, 1.82) is 0 Å². The molecule has 1 saturated carbocycles. The molecule has 1 aromatic rings. The Labute approximate surface area is 116 Å². The minimum Gasteiger partial charge on any atom is -0.490 e. The summed E-state index contributed by atoms with van der Waals surface area (Å²) < 4.78 is 16.4. The quantitative estimate of drug-likeness (QED) is 0.871. The van der Waals surface area contributed by atoms with Crippen molar-refractivity contribution >= 4 is 5.97 Å². The van der Waals surface area contributed by atoms with Crippen LogP contribution in [-0.4, -0.2) is 29.5 Å². The molecule has 0 bridgehead atoms. The van der Waals surface area contributed by atoms with Gasteiger partial charge in [0.25, 0.3) is 0 Å². The lowest BCUT2D eigenvalue weighted by molar-refractivity contribution is -0.145. The molecule has 0 saturated heterocycles. The summed E-state index contributed by atoms with van der Waals surface area (Å²) in [7, 11) is 0. The van der Waals surface area contributed by atoms with Crippen LogP contribution in [0.5, 0.6) is 17.2 Å². The van der Waals surface area contributed by atoms with Crippen LogP contribution in [0.3, 0.4) is 0 Å². The largest absolute Gasteiger partial charge is 0.490 e. The molecule has 2 aliphatic rings. The number of hydrogen-bond acceptors (Lipinski definition) is 5. The van der Waals surface area contributed by atoms with E-state index in [4.69, 9.17) is 19.9 Å². The molecule has 1 aliphatic carbocycles. The van der Waals surface area contributed by atoms with Crippen molar-refractivity contribution < 1.29 is 24.1 Å². The van der Waals surface area contributed by atoms with Gasteiger partial charge in [-0.2, -0.15) is 0 Å². The molecule has 6 nitrogen and oxygen atoms in total. The Hall–Kier alpha value is -1.95. The van der Waals surface area contributed by atoms with Crippen molar-refractivity contribution in [3.05, 3.63) is 18.2 Å². The van der Waals surface area contributed by atoms with Crippen LogP contribution in [0.2, 0.25) is 0 Å². The molecule has 108 valence electrons. The molecule has 20 heavy (non-hydrogen) atoms. The summed E-state index contributed by atoms with van der Waals surface area (Å²) in [6.45, 7) is 0.215. The number of ether oxygens (including phenoxy) is 3. The van der Waals surface area contributed by atoms with Crippen molar-refractivity contribution in [2.45, 2.75) is 37.3 Å². The molecule has 0 radical (unpaired) electrons. The van der Waals surface area contributed by atoms with Crippen LogP contribution in [0.1, 0.15) is 25.7 Å². The highest BCUT2D eigenvalue weighted by Gasteiger charge is 2.40. The highest BCUT2D eigenvalue weighted by Crippen LogP contribution is 2.37. The van der Waals surface area contributed by atoms with E-state index in [9.17, 15) is 9.90 Å². The molecular weight excluding hydrogens is 262 g/mol. The Morgan fingerprint density at radius 3 is 3.00 bits per heavy atom. The lowest BCUT2D eigenvalue weighted by Crippen LogP contribution is -2.53. The average molecular weight is 279 g/mol. The van der Waals surface area contributed by atoms with Crippen molar-refractivity contribution in [3.63, 3.8) is 0 Å². The van der Waals surface area contributed by atoms with Crippen LogP contribution in [0.15, 0.2) is 18.2 Å². The standard InChI is InChI=1S/C14H17NO5/c15-14(13(16)17)5-1-2-10(7-14)20-9-3-4-11-12(6-9)19-8-18-11/h3-4,6,10H,1-2,5,7-8,15H2,(H,16,17). The number of fused-ring (bicyclic) bond motifs is 1. The zero-order valence-electron chi connectivity index (χ0n) is 11.0. The summed E-state index contributed by atoms with van der Waals surface area (Å²) in [6.07, 6.45) is 2.17. The van der Waals surface area contributed by atoms with Crippen molar-refractivity contribution in [2.24, 2.45) is 5.73 Å². The van der Waals surface area contributed by atoms with Gasteiger partial charge in [-0.25, -0.2) is 0 Å². The SMILES string of the molecule is NC1(C(=O)O)CCCC(Oc2ccc3c(c2)OCO3)C1. The Morgan fingerprint density at radius 2 is 2.20 bits per heavy atom. The third kappa shape index (κ3) is 2.38. The van der Waals surface area contributed by atoms with Crippen LogP contribution in [0.4, 0.5) is 0 Å². The van der Waals surface area contributed by atoms with E-state index in [2.05, 4.69) is 0 Å². The second-order valence-electron chi connectivity index (χ2n) is 5.31. The molecule has 2 atom stereocenters. The number of aliphatic carboxylic acids is 1. The maximum Gasteiger partial charge on any atom is 0.323 e. The smallest absolute Gasteiger partial charge is 0.323 e. The normalized spacial score (nSPS) is 28.1. The summed E-state index contributed by atoms with van der Waals surface area (Å²) >= 11 is 0. The average Bonchev–Trinajstić information content (AvgIpc) is 2.86. The van der Waals surface area contributed by atoms with Gasteiger partial charge in [-0.05, 0) is 31.4 Å². The summed E-state index contributed by atoms with van der Waals surface area (Å²) in [4.78, 5) is 11.2. The minimum atomic E-state index is -1.18. The number of hydrogen-bond donors (Lipinski definition) is 2. The van der Waals surface area contributed by atoms with Gasteiger partial charge in [0, 0.05) is 12.5 Å². The molecular formula is C14H17NO5. The van der Waals surface area contributed by atoms with Crippen LogP contribution < -0.4 is 19.9 Å². The van der Waals surface area contributed by atoms with Crippen LogP contribution in [-0.2, 0) is 4.79 Å². The molecule has 6 heteroatoms. The predicted molar refractivity (Wildman–Crippen MR) is 70.0 cm³/mol. The Morgan fingerprint density at radius 1 is 1.40 bits per heavy atom. The fourth-order valence-electron chi connectivity index (χ4n) is 2.69. The van der Waals surface area contributed by atoms with Gasteiger partial charge in [0.2, 0.25) is 6.79 Å². The predicted octanol–water partition coefficient (Wildman–Crippen LogP) is 1.52. The van der Waals surface area contributed by atoms with Crippen molar-refractivity contribution in [1.82, 2.24) is 0 Å². The number of carbonyl (C=O) groups is 1. The topological polar surface area (TPSA) is 91.0 Å². The van der Waals surface area contributed by atoms with E-state index in [1.807, 2.05) is 0 Å². The van der Waals surface area contributed by atoms with E-state index >= 15 is 0 Å². The highest BCUT2D eigenvalue weighted by molar-refractivity contribution is 5.78. The molecule has 3 N–H and O–H groups in total. The minimum absolute atomic E-state index is 0.190. The van der Waals surface area contributed by atoms with Crippen LogP contribution >= 0.6 is 0 Å². The molecule has 2 unspecified atom stereocenters. The van der Waals surface area contributed by atoms with E-state index in [-0.39, 0.29) is 12.9 Å². The van der Waals surface area contributed by atoms with Gasteiger partial charge < -0.3 is 25.1 Å². The van der Waals surface area contributed by atoms with E-state index in [0.29, 0.717) is 30.1 Å². The molecule has 1 heterocycles. The fourth-order valence-corrected chi connectivity index (χ4v) is 2.69. The van der Waals surface area contributed by atoms with Crippen LogP contribution in [0, 0.1) is 0 Å². The second-order valence-corrected chi connectivity index (χ2v) is 5.31. The first-order valence-corrected chi connectivity index (χ1v) is 6.65. The first-order chi connectivity index (χ1) is 9.57. The van der Waals surface area contributed by atoms with Crippen molar-refractivity contribution in [3.8, 4) is 17.2 Å². The molecule has 1 aliphatic heterocycles. The van der Waals surface area contributed by atoms with Crippen LogP contribution in [0.25, 0.3) is 0 Å². The Kier molecular flexibility index (Phi) is 3.17. The molecule has 3 rings (SSSR count). The number of carboxylic acid groups (broad SMARTS) is 1. The van der Waals surface area contributed by atoms with E-state index in [1.165, 1.54) is 0 Å². The monoisotopic (exact) mass is 279 g/mol. The zero-order valence-corrected chi connectivity index (χ0v) is 11.0. The second kappa shape index (κ2) is 4.86. The summed E-state index contributed by atoms with van der Waals surface area (Å²) in [5.74, 6) is 1.03. The Bertz CT molecular complexity index is 532. The molecule has 1 fully saturated rings. The van der Waals surface area contributed by atoms with Crippen molar-refractivity contribution in [2.75, 3.05) is 6.79 Å². The first kappa shape index (κ1) is 13.1. The maximum absolute atomic E-state index is 11.2. The molecule has 0 spiro atoms. The molecule has 1 aromatic carbocycles. The number of carboxylic acids is 1. The summed E-state index contributed by atoms with van der Waals surface area (Å²) in [5.41, 5.74) is 4.73. The van der Waals surface area contributed by atoms with Gasteiger partial charge in [-0.15, -0.1) is 0 Å². The third-order valence-corrected chi connectivity index (χ3v) is 3.81. The maximum atomic E-state index is 11.2. The first-order valence-electron chi connectivity index (χ1n) is 6.65. The number of benzene rings is 1. The fraction of sp³-hybridized carbons (Fsp3) is 0.500. The summed E-state index contributed by atoms with van der Waals surface area (Å²) in [5, 5.41) is 9.19. The zero-order chi connectivity index (χ0) is 14.2. The highest BCUT2D eigenvalue weighted by atomic mass is 16.7. The summed E-state index contributed by atoms with van der Waals surface area (Å²) in [6, 6.07) is 5.34. The third-order valence-electron chi connectivity index (χ3n) is 3.81. The van der Waals surface area contributed by atoms with E-state index in [1.54, 1.807) is 18.2 Å². The van der Waals surface area contributed by atoms with Gasteiger partial charge in [0.05, 0.1) is 0 Å². The van der Waals surface area contributed by atoms with E-state index in [0.717, 1.165) is 12.8 Å². The molecule has 0 amide bonds. The van der Waals surface area contributed by atoms with E-state index < -0.39 is 11.5 Å². The van der Waals surface area contributed by atoms with Gasteiger partial charge in [0.1, 0.15) is 17.4 Å². The number of nitrogens with two attached hydrogens (primary N) is 1. The van der Waals surface area contributed by atoms with Gasteiger partial charge >= 0.3 is 5.97 Å². The number of rotatable bonds is 3. The van der Waals surface area contributed by atoms with Gasteiger partial charge in [0.15, 0.2) is 11.5 Å². The molecule has 0 aromatic heterocycles.